The monoisotopic (exact) mass is 322 g/mol. The molecule has 2 N–H and O–H groups in total. The number of thioether (sulfide) groups is 1. The molecular weight excluding hydrogens is 304 g/mol. The number of carbonyl (C=O) groups is 2. The Hall–Kier alpha value is -0.960. The lowest BCUT2D eigenvalue weighted by molar-refractivity contribution is -0.141. The first-order valence-electron chi connectivity index (χ1n) is 6.47. The zero-order chi connectivity index (χ0) is 14.8. The minimum Gasteiger partial charge on any atom is -0.480 e. The molecular formula is C11H18N2O5S2. The van der Waals surface area contributed by atoms with Crippen molar-refractivity contribution in [2.75, 3.05) is 29.6 Å². The highest BCUT2D eigenvalue weighted by Crippen LogP contribution is 2.18. The number of urea groups is 1. The molecule has 2 unspecified atom stereocenters. The van der Waals surface area contributed by atoms with Crippen LogP contribution in [0.4, 0.5) is 4.79 Å². The van der Waals surface area contributed by atoms with Crippen molar-refractivity contribution in [3.05, 3.63) is 0 Å². The lowest BCUT2D eigenvalue weighted by Crippen LogP contribution is -2.56. The molecule has 2 aliphatic rings. The third-order valence-electron chi connectivity index (χ3n) is 3.47. The molecule has 0 saturated carbocycles. The van der Waals surface area contributed by atoms with E-state index < -0.39 is 33.9 Å². The Bertz CT molecular complexity index is 493. The second-order valence-electron chi connectivity index (χ2n) is 5.03. The van der Waals surface area contributed by atoms with Gasteiger partial charge in [-0.2, -0.15) is 11.8 Å². The number of aliphatic carboxylic acids is 1. The third-order valence-corrected chi connectivity index (χ3v) is 6.31. The van der Waals surface area contributed by atoms with Crippen molar-refractivity contribution in [3.8, 4) is 0 Å². The number of rotatable bonds is 2. The minimum absolute atomic E-state index is 0.0565. The van der Waals surface area contributed by atoms with Crippen molar-refractivity contribution in [1.82, 2.24) is 10.2 Å². The van der Waals surface area contributed by atoms with Crippen molar-refractivity contribution in [3.63, 3.8) is 0 Å². The average Bonchev–Trinajstić information content (AvgIpc) is 2.37. The molecule has 114 valence electrons. The van der Waals surface area contributed by atoms with Gasteiger partial charge in [0.2, 0.25) is 0 Å². The fraction of sp³-hybridized carbons (Fsp3) is 0.818. The second kappa shape index (κ2) is 6.21. The zero-order valence-corrected chi connectivity index (χ0v) is 12.6. The summed E-state index contributed by atoms with van der Waals surface area (Å²) in [6, 6.07) is -1.72. The summed E-state index contributed by atoms with van der Waals surface area (Å²) in [5, 5.41) is 11.8. The first-order valence-corrected chi connectivity index (χ1v) is 9.45. The van der Waals surface area contributed by atoms with E-state index in [1.54, 1.807) is 0 Å². The van der Waals surface area contributed by atoms with E-state index in [0.29, 0.717) is 30.9 Å². The number of carboxylic acid groups (broad SMARTS) is 1. The number of nitrogens with one attached hydrogen (secondary N) is 1. The van der Waals surface area contributed by atoms with E-state index in [2.05, 4.69) is 5.32 Å². The van der Waals surface area contributed by atoms with E-state index >= 15 is 0 Å². The lowest BCUT2D eigenvalue weighted by atomic mass is 10.2. The van der Waals surface area contributed by atoms with Crippen molar-refractivity contribution < 1.29 is 23.1 Å². The molecule has 2 heterocycles. The van der Waals surface area contributed by atoms with Gasteiger partial charge in [-0.05, 0) is 12.8 Å². The molecule has 9 heteroatoms. The topological polar surface area (TPSA) is 104 Å². The highest BCUT2D eigenvalue weighted by molar-refractivity contribution is 7.99. The van der Waals surface area contributed by atoms with Gasteiger partial charge in [-0.15, -0.1) is 0 Å². The molecule has 0 bridgehead atoms. The number of amides is 2. The normalized spacial score (nSPS) is 29.7. The van der Waals surface area contributed by atoms with Crippen LogP contribution in [-0.4, -0.2) is 72.1 Å². The van der Waals surface area contributed by atoms with E-state index in [4.69, 9.17) is 5.11 Å². The van der Waals surface area contributed by atoms with Crippen LogP contribution in [0.2, 0.25) is 0 Å². The molecule has 0 aromatic carbocycles. The molecule has 2 atom stereocenters. The average molecular weight is 322 g/mol. The standard InChI is InChI=1S/C11H18N2O5S2/c14-10(15)9-6-19-4-3-13(9)11(16)12-8-2-1-5-20(17,18)7-8/h8-9H,1-7H2,(H,12,16)(H,14,15). The number of carbonyl (C=O) groups excluding carboxylic acids is 1. The molecule has 2 fully saturated rings. The molecule has 2 aliphatic heterocycles. The summed E-state index contributed by atoms with van der Waals surface area (Å²) in [6.07, 6.45) is 1.15. The number of hydrogen-bond donors (Lipinski definition) is 2. The van der Waals surface area contributed by atoms with Crippen LogP contribution >= 0.6 is 11.8 Å². The van der Waals surface area contributed by atoms with E-state index in [1.807, 2.05) is 0 Å². The summed E-state index contributed by atoms with van der Waals surface area (Å²) < 4.78 is 23.1. The molecule has 0 aromatic rings. The van der Waals surface area contributed by atoms with Crippen LogP contribution in [0.3, 0.4) is 0 Å². The molecule has 2 amide bonds. The van der Waals surface area contributed by atoms with Gasteiger partial charge in [0.15, 0.2) is 9.84 Å². The van der Waals surface area contributed by atoms with E-state index in [1.165, 1.54) is 16.7 Å². The van der Waals surface area contributed by atoms with Gasteiger partial charge in [-0.25, -0.2) is 18.0 Å². The number of carboxylic acids is 1. The van der Waals surface area contributed by atoms with Gasteiger partial charge < -0.3 is 15.3 Å². The van der Waals surface area contributed by atoms with Gasteiger partial charge in [0.05, 0.1) is 11.5 Å². The summed E-state index contributed by atoms with van der Waals surface area (Å²) in [5.74, 6) is 0.145. The largest absolute Gasteiger partial charge is 0.480 e. The summed E-state index contributed by atoms with van der Waals surface area (Å²) in [7, 11) is -3.09. The minimum atomic E-state index is -3.09. The Kier molecular flexibility index (Phi) is 4.79. The van der Waals surface area contributed by atoms with Crippen LogP contribution in [0, 0.1) is 0 Å². The summed E-state index contributed by atoms with van der Waals surface area (Å²) >= 11 is 1.50. The Morgan fingerprint density at radius 2 is 2.10 bits per heavy atom. The Labute approximate surface area is 122 Å². The van der Waals surface area contributed by atoms with Gasteiger partial charge in [-0.3, -0.25) is 0 Å². The quantitative estimate of drug-likeness (QED) is 0.728. The van der Waals surface area contributed by atoms with Gasteiger partial charge in [-0.1, -0.05) is 0 Å². The highest BCUT2D eigenvalue weighted by atomic mass is 32.2. The zero-order valence-electron chi connectivity index (χ0n) is 10.9. The van der Waals surface area contributed by atoms with Gasteiger partial charge in [0, 0.05) is 24.1 Å². The highest BCUT2D eigenvalue weighted by Gasteiger charge is 2.34. The predicted octanol–water partition coefficient (Wildman–Crippen LogP) is -0.225. The number of nitrogens with zero attached hydrogens (tertiary/aromatic N) is 1. The van der Waals surface area contributed by atoms with Gasteiger partial charge >= 0.3 is 12.0 Å². The molecule has 20 heavy (non-hydrogen) atoms. The third kappa shape index (κ3) is 3.78. The van der Waals surface area contributed by atoms with Crippen LogP contribution in [0.15, 0.2) is 0 Å². The SMILES string of the molecule is O=C(O)C1CSCCN1C(=O)NC1CCCS(=O)(=O)C1. The van der Waals surface area contributed by atoms with E-state index in [-0.39, 0.29) is 11.5 Å². The summed E-state index contributed by atoms with van der Waals surface area (Å²) in [6.45, 7) is 0.368. The van der Waals surface area contributed by atoms with Crippen molar-refractivity contribution in [1.29, 1.82) is 0 Å². The molecule has 0 aromatic heterocycles. The smallest absolute Gasteiger partial charge is 0.327 e. The molecule has 0 spiro atoms. The number of sulfone groups is 1. The molecule has 7 nitrogen and oxygen atoms in total. The van der Waals surface area contributed by atoms with Gasteiger partial charge in [0.1, 0.15) is 6.04 Å². The number of hydrogen-bond acceptors (Lipinski definition) is 5. The maximum absolute atomic E-state index is 12.1. The summed E-state index contributed by atoms with van der Waals surface area (Å²) in [5.41, 5.74) is 0. The predicted molar refractivity (Wildman–Crippen MR) is 75.7 cm³/mol. The Morgan fingerprint density at radius 1 is 1.35 bits per heavy atom. The molecule has 2 rings (SSSR count). The van der Waals surface area contributed by atoms with Crippen molar-refractivity contribution >= 4 is 33.6 Å². The van der Waals surface area contributed by atoms with Gasteiger partial charge in [0.25, 0.3) is 0 Å². The van der Waals surface area contributed by atoms with Crippen LogP contribution in [-0.2, 0) is 14.6 Å². The Morgan fingerprint density at radius 3 is 2.75 bits per heavy atom. The second-order valence-corrected chi connectivity index (χ2v) is 8.40. The lowest BCUT2D eigenvalue weighted by Gasteiger charge is -2.34. The van der Waals surface area contributed by atoms with E-state index in [9.17, 15) is 18.0 Å². The fourth-order valence-electron chi connectivity index (χ4n) is 2.45. The molecule has 0 radical (unpaired) electrons. The molecule has 2 saturated heterocycles. The van der Waals surface area contributed by atoms with Crippen LogP contribution in [0.1, 0.15) is 12.8 Å². The van der Waals surface area contributed by atoms with Crippen LogP contribution in [0.5, 0.6) is 0 Å². The first kappa shape index (κ1) is 15.4. The van der Waals surface area contributed by atoms with E-state index in [0.717, 1.165) is 0 Å². The summed E-state index contributed by atoms with van der Waals surface area (Å²) in [4.78, 5) is 24.6. The van der Waals surface area contributed by atoms with Crippen molar-refractivity contribution in [2.45, 2.75) is 24.9 Å². The first-order chi connectivity index (χ1) is 9.39. The maximum atomic E-state index is 12.1. The van der Waals surface area contributed by atoms with Crippen LogP contribution in [0.25, 0.3) is 0 Å². The fourth-order valence-corrected chi connectivity index (χ4v) is 5.12. The molecule has 0 aliphatic carbocycles. The maximum Gasteiger partial charge on any atom is 0.327 e. The van der Waals surface area contributed by atoms with Crippen molar-refractivity contribution in [2.24, 2.45) is 0 Å². The Balaban J connectivity index is 1.98. The van der Waals surface area contributed by atoms with Crippen LogP contribution < -0.4 is 5.32 Å².